The summed E-state index contributed by atoms with van der Waals surface area (Å²) in [5.74, 6) is 1.75. The maximum Gasteiger partial charge on any atom is 0.0787 e. The van der Waals surface area contributed by atoms with Crippen LogP contribution in [0.15, 0.2) is 0 Å². The maximum atomic E-state index is 6.18. The lowest BCUT2D eigenvalue weighted by Gasteiger charge is -2.37. The van der Waals surface area contributed by atoms with Crippen molar-refractivity contribution in [2.75, 3.05) is 0 Å². The van der Waals surface area contributed by atoms with Crippen LogP contribution in [-0.4, -0.2) is 23.3 Å². The van der Waals surface area contributed by atoms with E-state index in [0.717, 1.165) is 18.3 Å². The predicted octanol–water partition coefficient (Wildman–Crippen LogP) is 3.75. The molecule has 0 bridgehead atoms. The van der Waals surface area contributed by atoms with Gasteiger partial charge in [0.2, 0.25) is 0 Å². The summed E-state index contributed by atoms with van der Waals surface area (Å²) < 4.78 is 6.18. The average molecular weight is 253 g/mol. The summed E-state index contributed by atoms with van der Waals surface area (Å²) in [4.78, 5) is 0. The summed E-state index contributed by atoms with van der Waals surface area (Å²) in [6.07, 6.45) is 5.16. The summed E-state index contributed by atoms with van der Waals surface area (Å²) in [5, 5.41) is 3.89. The molecule has 106 valence electrons. The van der Waals surface area contributed by atoms with Gasteiger partial charge in [-0.2, -0.15) is 0 Å². The summed E-state index contributed by atoms with van der Waals surface area (Å²) in [6, 6.07) is 1.19. The van der Waals surface area contributed by atoms with Crippen LogP contribution < -0.4 is 5.32 Å². The van der Waals surface area contributed by atoms with E-state index in [1.54, 1.807) is 0 Å². The van der Waals surface area contributed by atoms with Crippen LogP contribution in [0.1, 0.15) is 67.2 Å². The van der Waals surface area contributed by atoms with Crippen LogP contribution in [-0.2, 0) is 4.74 Å². The Kier molecular flexibility index (Phi) is 3.81. The third-order valence-electron chi connectivity index (χ3n) is 5.11. The minimum absolute atomic E-state index is 0.0226. The van der Waals surface area contributed by atoms with Gasteiger partial charge in [0.15, 0.2) is 0 Å². The van der Waals surface area contributed by atoms with Crippen LogP contribution in [0.5, 0.6) is 0 Å². The zero-order chi connectivity index (χ0) is 13.6. The van der Waals surface area contributed by atoms with Crippen molar-refractivity contribution in [3.05, 3.63) is 0 Å². The molecule has 2 heteroatoms. The van der Waals surface area contributed by atoms with Crippen molar-refractivity contribution in [1.29, 1.82) is 0 Å². The summed E-state index contributed by atoms with van der Waals surface area (Å²) in [7, 11) is 0. The molecule has 1 saturated carbocycles. The van der Waals surface area contributed by atoms with Gasteiger partial charge in [0.05, 0.1) is 11.2 Å². The van der Waals surface area contributed by atoms with Gasteiger partial charge < -0.3 is 10.1 Å². The van der Waals surface area contributed by atoms with Crippen molar-refractivity contribution in [2.24, 2.45) is 11.8 Å². The fourth-order valence-electron chi connectivity index (χ4n) is 3.81. The first-order valence-corrected chi connectivity index (χ1v) is 7.66. The lowest BCUT2D eigenvalue weighted by Crippen LogP contribution is -2.49. The summed E-state index contributed by atoms with van der Waals surface area (Å²) in [5.41, 5.74) is -0.00938. The van der Waals surface area contributed by atoms with Crippen LogP contribution >= 0.6 is 0 Å². The molecule has 2 fully saturated rings. The molecule has 2 aliphatic rings. The van der Waals surface area contributed by atoms with Gasteiger partial charge in [0.25, 0.3) is 0 Å². The first-order chi connectivity index (χ1) is 8.20. The topological polar surface area (TPSA) is 21.3 Å². The van der Waals surface area contributed by atoms with E-state index in [1.165, 1.54) is 19.3 Å². The number of nitrogens with one attached hydrogen (secondary N) is 1. The van der Waals surface area contributed by atoms with E-state index in [0.29, 0.717) is 12.1 Å². The van der Waals surface area contributed by atoms with E-state index in [9.17, 15) is 0 Å². The molecule has 2 rings (SSSR count). The molecule has 4 unspecified atom stereocenters. The molecular weight excluding hydrogens is 222 g/mol. The lowest BCUT2D eigenvalue weighted by molar-refractivity contribution is -0.0709. The van der Waals surface area contributed by atoms with Gasteiger partial charge in [-0.25, -0.2) is 0 Å². The maximum absolute atomic E-state index is 6.18. The predicted molar refractivity (Wildman–Crippen MR) is 76.8 cm³/mol. The van der Waals surface area contributed by atoms with Gasteiger partial charge in [0, 0.05) is 12.1 Å². The third kappa shape index (κ3) is 3.08. The van der Waals surface area contributed by atoms with Gasteiger partial charge in [-0.15, -0.1) is 0 Å². The van der Waals surface area contributed by atoms with Crippen LogP contribution in [0.3, 0.4) is 0 Å². The SMILES string of the molecule is CC1CCC(NC2CC(C)(C)OC2(C)C)CC1C. The highest BCUT2D eigenvalue weighted by Crippen LogP contribution is 2.38. The van der Waals surface area contributed by atoms with Crippen molar-refractivity contribution in [3.8, 4) is 0 Å². The average Bonchev–Trinajstić information content (AvgIpc) is 2.40. The van der Waals surface area contributed by atoms with Gasteiger partial charge >= 0.3 is 0 Å². The van der Waals surface area contributed by atoms with Crippen LogP contribution in [0.2, 0.25) is 0 Å². The van der Waals surface area contributed by atoms with Gasteiger partial charge in [-0.1, -0.05) is 13.8 Å². The van der Waals surface area contributed by atoms with E-state index in [1.807, 2.05) is 0 Å². The van der Waals surface area contributed by atoms with Crippen molar-refractivity contribution < 1.29 is 4.74 Å². The minimum atomic E-state index is -0.0319. The van der Waals surface area contributed by atoms with Crippen LogP contribution in [0.4, 0.5) is 0 Å². The molecule has 1 saturated heterocycles. The zero-order valence-electron chi connectivity index (χ0n) is 13.0. The molecule has 2 nitrogen and oxygen atoms in total. The Balaban J connectivity index is 1.94. The van der Waals surface area contributed by atoms with E-state index >= 15 is 0 Å². The van der Waals surface area contributed by atoms with Crippen molar-refractivity contribution in [2.45, 2.75) is 90.5 Å². The van der Waals surface area contributed by atoms with Gasteiger partial charge in [-0.05, 0) is 65.2 Å². The highest BCUT2D eigenvalue weighted by molar-refractivity contribution is 5.00. The molecule has 0 spiro atoms. The smallest absolute Gasteiger partial charge is 0.0787 e. The van der Waals surface area contributed by atoms with Crippen LogP contribution in [0.25, 0.3) is 0 Å². The number of hydrogen-bond acceptors (Lipinski definition) is 2. The monoisotopic (exact) mass is 253 g/mol. The molecule has 1 heterocycles. The molecule has 1 aliphatic heterocycles. The first kappa shape index (κ1) is 14.3. The van der Waals surface area contributed by atoms with Crippen molar-refractivity contribution in [3.63, 3.8) is 0 Å². The highest BCUT2D eigenvalue weighted by atomic mass is 16.5. The Morgan fingerprint density at radius 1 is 1.00 bits per heavy atom. The third-order valence-corrected chi connectivity index (χ3v) is 5.11. The van der Waals surface area contributed by atoms with Crippen molar-refractivity contribution in [1.82, 2.24) is 5.32 Å². The van der Waals surface area contributed by atoms with Crippen molar-refractivity contribution >= 4 is 0 Å². The normalized spacial score (nSPS) is 43.0. The molecule has 4 atom stereocenters. The van der Waals surface area contributed by atoms with E-state index in [4.69, 9.17) is 4.74 Å². The molecule has 0 amide bonds. The number of rotatable bonds is 2. The molecule has 0 aromatic rings. The van der Waals surface area contributed by atoms with E-state index in [2.05, 4.69) is 46.9 Å². The second-order valence-electron chi connectivity index (χ2n) is 7.85. The number of ether oxygens (including phenoxy) is 1. The molecule has 1 aliphatic carbocycles. The summed E-state index contributed by atoms with van der Waals surface area (Å²) >= 11 is 0. The second-order valence-corrected chi connectivity index (χ2v) is 7.85. The highest BCUT2D eigenvalue weighted by Gasteiger charge is 2.46. The molecule has 1 N–H and O–H groups in total. The van der Waals surface area contributed by atoms with Gasteiger partial charge in [0.1, 0.15) is 0 Å². The fourth-order valence-corrected chi connectivity index (χ4v) is 3.81. The molecule has 18 heavy (non-hydrogen) atoms. The number of hydrogen-bond donors (Lipinski definition) is 1. The Morgan fingerprint density at radius 2 is 1.67 bits per heavy atom. The standard InChI is InChI=1S/C16H31NO/c1-11-7-8-13(9-12(11)2)17-14-10-15(3,4)18-16(14,5)6/h11-14,17H,7-10H2,1-6H3. The minimum Gasteiger partial charge on any atom is -0.368 e. The quantitative estimate of drug-likeness (QED) is 0.809. The van der Waals surface area contributed by atoms with Gasteiger partial charge in [-0.3, -0.25) is 0 Å². The molecule has 0 aromatic heterocycles. The Bertz CT molecular complexity index is 297. The zero-order valence-corrected chi connectivity index (χ0v) is 13.0. The van der Waals surface area contributed by atoms with Crippen LogP contribution in [0, 0.1) is 11.8 Å². The van der Waals surface area contributed by atoms with E-state index in [-0.39, 0.29) is 11.2 Å². The fraction of sp³-hybridized carbons (Fsp3) is 1.00. The Labute approximate surface area is 113 Å². The molecular formula is C16H31NO. The Morgan fingerprint density at radius 3 is 2.17 bits per heavy atom. The van der Waals surface area contributed by atoms with E-state index < -0.39 is 0 Å². The molecule has 0 aromatic carbocycles. The Hall–Kier alpha value is -0.0800. The largest absolute Gasteiger partial charge is 0.368 e. The first-order valence-electron chi connectivity index (χ1n) is 7.66. The molecule has 0 radical (unpaired) electrons. The lowest BCUT2D eigenvalue weighted by atomic mass is 9.78. The summed E-state index contributed by atoms with van der Waals surface area (Å²) in [6.45, 7) is 13.7. The second kappa shape index (κ2) is 4.79.